The number of carbonyl (C=O) groups excluding carboxylic acids is 2. The van der Waals surface area contributed by atoms with E-state index in [0.717, 1.165) is 11.1 Å². The number of Topliss-reactive ketones (excluding diaryl/α,β-unsaturated/α-hetero) is 1. The molecule has 0 radical (unpaired) electrons. The van der Waals surface area contributed by atoms with E-state index < -0.39 is 11.9 Å². The molecule has 3 aromatic carbocycles. The van der Waals surface area contributed by atoms with Crippen molar-refractivity contribution in [2.24, 2.45) is 0 Å². The number of hydrogen-bond acceptors (Lipinski definition) is 4. The fourth-order valence-corrected chi connectivity index (χ4v) is 3.91. The van der Waals surface area contributed by atoms with E-state index in [0.29, 0.717) is 21.8 Å². The molecule has 1 aliphatic heterocycles. The van der Waals surface area contributed by atoms with Gasteiger partial charge in [-0.3, -0.25) is 9.59 Å². The number of anilines is 1. The van der Waals surface area contributed by atoms with E-state index in [4.69, 9.17) is 11.6 Å². The molecule has 1 atom stereocenters. The van der Waals surface area contributed by atoms with Crippen LogP contribution in [-0.4, -0.2) is 23.1 Å². The first-order valence-corrected chi connectivity index (χ1v) is 10.5. The van der Waals surface area contributed by atoms with Gasteiger partial charge in [-0.1, -0.05) is 59.6 Å². The maximum atomic E-state index is 13.7. The van der Waals surface area contributed by atoms with E-state index in [1.165, 1.54) is 4.90 Å². The number of nitrogens with one attached hydrogen (secondary N) is 1. The lowest BCUT2D eigenvalue weighted by Gasteiger charge is -2.24. The zero-order valence-electron chi connectivity index (χ0n) is 17.4. The van der Waals surface area contributed by atoms with Crippen LogP contribution in [0.2, 0.25) is 5.02 Å². The van der Waals surface area contributed by atoms with Crippen molar-refractivity contribution in [3.63, 3.8) is 0 Å². The summed E-state index contributed by atoms with van der Waals surface area (Å²) in [5.41, 5.74) is 3.42. The van der Waals surface area contributed by atoms with Gasteiger partial charge in [0.05, 0.1) is 17.7 Å². The van der Waals surface area contributed by atoms with Crippen molar-refractivity contribution in [2.75, 3.05) is 11.9 Å². The fraction of sp³-hybridized carbons (Fsp3) is 0.115. The van der Waals surface area contributed by atoms with Gasteiger partial charge >= 0.3 is 0 Å². The first-order valence-electron chi connectivity index (χ1n) is 10.1. The van der Waals surface area contributed by atoms with Crippen molar-refractivity contribution < 1.29 is 9.59 Å². The molecule has 32 heavy (non-hydrogen) atoms. The minimum Gasteiger partial charge on any atom is -0.351 e. The Morgan fingerprint density at radius 3 is 2.31 bits per heavy atom. The average Bonchev–Trinajstić information content (AvgIpc) is 3.07. The Morgan fingerprint density at radius 2 is 1.69 bits per heavy atom. The van der Waals surface area contributed by atoms with E-state index in [2.05, 4.69) is 11.4 Å². The van der Waals surface area contributed by atoms with Gasteiger partial charge in [-0.2, -0.15) is 5.26 Å². The number of benzene rings is 3. The highest BCUT2D eigenvalue weighted by Gasteiger charge is 2.43. The fourth-order valence-electron chi connectivity index (χ4n) is 3.79. The number of nitriles is 1. The molecule has 0 aromatic heterocycles. The van der Waals surface area contributed by atoms with Crippen LogP contribution in [0.3, 0.4) is 0 Å². The molecule has 0 saturated carbocycles. The lowest BCUT2D eigenvalue weighted by Crippen LogP contribution is -2.32. The van der Waals surface area contributed by atoms with Gasteiger partial charge in [0, 0.05) is 16.3 Å². The van der Waals surface area contributed by atoms with E-state index >= 15 is 0 Å². The van der Waals surface area contributed by atoms with Gasteiger partial charge in [-0.05, 0) is 48.9 Å². The number of rotatable bonds is 6. The maximum absolute atomic E-state index is 13.7. The first kappa shape index (κ1) is 21.4. The molecule has 1 aliphatic rings. The van der Waals surface area contributed by atoms with E-state index in [9.17, 15) is 14.9 Å². The van der Waals surface area contributed by atoms with Crippen LogP contribution >= 0.6 is 11.6 Å². The SMILES string of the molecule is Cc1ccc(NC2=C(C(=O)c3ccc(Cl)cc3)C(c3ccccc3)N(CC#N)C2=O)cc1. The quantitative estimate of drug-likeness (QED) is 0.416. The Balaban J connectivity index is 1.88. The van der Waals surface area contributed by atoms with Crippen LogP contribution in [0.25, 0.3) is 0 Å². The Hall–Kier alpha value is -3.88. The van der Waals surface area contributed by atoms with Gasteiger partial charge in [-0.25, -0.2) is 0 Å². The van der Waals surface area contributed by atoms with Crippen LogP contribution in [-0.2, 0) is 4.79 Å². The zero-order chi connectivity index (χ0) is 22.7. The molecule has 0 saturated heterocycles. The summed E-state index contributed by atoms with van der Waals surface area (Å²) < 4.78 is 0. The molecule has 158 valence electrons. The summed E-state index contributed by atoms with van der Waals surface area (Å²) in [6, 6.07) is 24.8. The molecular formula is C26H20ClN3O2. The minimum absolute atomic E-state index is 0.144. The van der Waals surface area contributed by atoms with Crippen molar-refractivity contribution >= 4 is 29.0 Å². The van der Waals surface area contributed by atoms with E-state index in [-0.39, 0.29) is 18.0 Å². The second kappa shape index (κ2) is 9.09. The monoisotopic (exact) mass is 441 g/mol. The largest absolute Gasteiger partial charge is 0.351 e. The molecule has 4 rings (SSSR count). The normalized spacial score (nSPS) is 15.6. The van der Waals surface area contributed by atoms with Crippen LogP contribution in [0.5, 0.6) is 0 Å². The lowest BCUT2D eigenvalue weighted by molar-refractivity contribution is -0.126. The van der Waals surface area contributed by atoms with Crippen molar-refractivity contribution in [3.8, 4) is 6.07 Å². The molecule has 5 nitrogen and oxygen atoms in total. The molecule has 0 fully saturated rings. The van der Waals surface area contributed by atoms with Gasteiger partial charge in [0.2, 0.25) is 0 Å². The third kappa shape index (κ3) is 4.14. The third-order valence-electron chi connectivity index (χ3n) is 5.36. The average molecular weight is 442 g/mol. The van der Waals surface area contributed by atoms with Crippen molar-refractivity contribution in [2.45, 2.75) is 13.0 Å². The molecular weight excluding hydrogens is 422 g/mol. The number of hydrogen-bond donors (Lipinski definition) is 1. The Morgan fingerprint density at radius 1 is 1.03 bits per heavy atom. The molecule has 0 bridgehead atoms. The highest BCUT2D eigenvalue weighted by molar-refractivity contribution is 6.30. The summed E-state index contributed by atoms with van der Waals surface area (Å²) in [4.78, 5) is 28.5. The Labute approximate surface area is 191 Å². The van der Waals surface area contributed by atoms with Gasteiger partial charge in [0.1, 0.15) is 12.2 Å². The number of ketones is 1. The molecule has 1 heterocycles. The summed E-state index contributed by atoms with van der Waals surface area (Å²) in [5.74, 6) is -0.683. The Kier molecular flexibility index (Phi) is 6.07. The minimum atomic E-state index is -0.681. The van der Waals surface area contributed by atoms with Gasteiger partial charge in [-0.15, -0.1) is 0 Å². The molecule has 6 heteroatoms. The summed E-state index contributed by atoms with van der Waals surface area (Å²) in [5, 5.41) is 13.1. The summed E-state index contributed by atoms with van der Waals surface area (Å²) in [7, 11) is 0. The highest BCUT2D eigenvalue weighted by atomic mass is 35.5. The van der Waals surface area contributed by atoms with Crippen LogP contribution in [0, 0.1) is 18.3 Å². The third-order valence-corrected chi connectivity index (χ3v) is 5.61. The van der Waals surface area contributed by atoms with Gasteiger partial charge in [0.25, 0.3) is 5.91 Å². The predicted octanol–water partition coefficient (Wildman–Crippen LogP) is 5.30. The van der Waals surface area contributed by atoms with Crippen LogP contribution in [0.4, 0.5) is 5.69 Å². The smallest absolute Gasteiger partial charge is 0.272 e. The van der Waals surface area contributed by atoms with Crippen LogP contribution in [0.1, 0.15) is 27.5 Å². The number of amides is 1. The number of nitrogens with zero attached hydrogens (tertiary/aromatic N) is 2. The molecule has 1 N–H and O–H groups in total. The van der Waals surface area contributed by atoms with Gasteiger partial charge < -0.3 is 10.2 Å². The molecule has 0 aliphatic carbocycles. The molecule has 1 unspecified atom stereocenters. The summed E-state index contributed by atoms with van der Waals surface area (Å²) in [6.07, 6.45) is 0. The predicted molar refractivity (Wildman–Crippen MR) is 124 cm³/mol. The second-order valence-corrected chi connectivity index (χ2v) is 7.96. The van der Waals surface area contributed by atoms with Gasteiger partial charge in [0.15, 0.2) is 5.78 Å². The number of halogens is 1. The molecule has 3 aromatic rings. The Bertz CT molecular complexity index is 1230. The maximum Gasteiger partial charge on any atom is 0.272 e. The number of carbonyl (C=O) groups is 2. The van der Waals surface area contributed by atoms with Crippen molar-refractivity contribution in [1.29, 1.82) is 5.26 Å². The van der Waals surface area contributed by atoms with Crippen molar-refractivity contribution in [1.82, 2.24) is 4.90 Å². The molecule has 1 amide bonds. The van der Waals surface area contributed by atoms with E-state index in [1.807, 2.05) is 61.5 Å². The van der Waals surface area contributed by atoms with Crippen molar-refractivity contribution in [3.05, 3.63) is 112 Å². The van der Waals surface area contributed by atoms with Crippen LogP contribution < -0.4 is 5.32 Å². The summed E-state index contributed by atoms with van der Waals surface area (Å²) >= 11 is 6.00. The van der Waals surface area contributed by atoms with E-state index in [1.54, 1.807) is 24.3 Å². The first-order chi connectivity index (χ1) is 15.5. The topological polar surface area (TPSA) is 73.2 Å². The van der Waals surface area contributed by atoms with Crippen LogP contribution in [0.15, 0.2) is 90.1 Å². The second-order valence-electron chi connectivity index (χ2n) is 7.52. The molecule has 0 spiro atoms. The summed E-state index contributed by atoms with van der Waals surface area (Å²) in [6.45, 7) is 1.83. The zero-order valence-corrected chi connectivity index (χ0v) is 18.1. The standard InChI is InChI=1S/C26H20ClN3O2/c1-17-7-13-21(14-8-17)29-23-22(25(31)19-9-11-20(27)12-10-19)24(18-5-3-2-4-6-18)30(16-15-28)26(23)32/h2-14,24,29H,16H2,1H3. The number of aryl methyl sites for hydroxylation is 1. The lowest BCUT2D eigenvalue weighted by atomic mass is 9.92. The highest BCUT2D eigenvalue weighted by Crippen LogP contribution is 2.40.